The smallest absolute Gasteiger partial charge is 0.344 e. The summed E-state index contributed by atoms with van der Waals surface area (Å²) < 4.78 is 76.4. The van der Waals surface area contributed by atoms with Gasteiger partial charge in [-0.2, -0.15) is 8.42 Å². The monoisotopic (exact) mass is 702 g/mol. The van der Waals surface area contributed by atoms with Crippen LogP contribution in [0.3, 0.4) is 0 Å². The van der Waals surface area contributed by atoms with Gasteiger partial charge in [-0.1, -0.05) is 152 Å². The molecule has 0 aliphatic rings. The molecular formula is C39H39FO5S3. The van der Waals surface area contributed by atoms with E-state index in [1.165, 1.54) is 0 Å². The lowest BCUT2D eigenvalue weighted by molar-refractivity contribution is 0.0455. The van der Waals surface area contributed by atoms with Crippen molar-refractivity contribution < 1.29 is 25.5 Å². The van der Waals surface area contributed by atoms with Crippen molar-refractivity contribution in [2.45, 2.75) is 40.4 Å². The molecule has 0 saturated carbocycles. The van der Waals surface area contributed by atoms with Crippen molar-refractivity contribution in [2.75, 3.05) is 12.4 Å². The number of rotatable bonds is 17. The summed E-state index contributed by atoms with van der Waals surface area (Å²) in [5, 5.41) is 0. The highest BCUT2D eigenvalue weighted by Crippen LogP contribution is 2.56. The first kappa shape index (κ1) is 35.5. The van der Waals surface area contributed by atoms with Crippen LogP contribution >= 0.6 is 11.8 Å². The van der Waals surface area contributed by atoms with Crippen molar-refractivity contribution >= 4 is 31.8 Å². The molecule has 0 heterocycles. The second-order valence-electron chi connectivity index (χ2n) is 11.6. The molecule has 0 fully saturated rings. The van der Waals surface area contributed by atoms with Crippen LogP contribution in [-0.2, 0) is 54.6 Å². The molecule has 5 rings (SSSR count). The Labute approximate surface area is 288 Å². The summed E-state index contributed by atoms with van der Waals surface area (Å²) in [6.45, 7) is -0.230. The van der Waals surface area contributed by atoms with E-state index < -0.39 is 34.8 Å². The van der Waals surface area contributed by atoms with Crippen LogP contribution in [0.2, 0.25) is 0 Å². The minimum atomic E-state index is -5.76. The van der Waals surface area contributed by atoms with Gasteiger partial charge in [0.05, 0.1) is 12.4 Å². The average Bonchev–Trinajstić information content (AvgIpc) is 3.09. The molecule has 48 heavy (non-hydrogen) atoms. The van der Waals surface area contributed by atoms with Gasteiger partial charge in [0.15, 0.2) is 14.6 Å². The first-order valence-electron chi connectivity index (χ1n) is 15.8. The summed E-state index contributed by atoms with van der Waals surface area (Å²) >= 11 is 0.716. The molecule has 250 valence electrons. The molecule has 5 aromatic rings. The van der Waals surface area contributed by atoms with Crippen molar-refractivity contribution in [3.8, 4) is 0 Å². The molecule has 9 heteroatoms. The standard InChI is InChI=1S/C39H39FO5S3/c40-48(43,44)39(45-30-27-34-18-8-2-9-19-34,46-31-28-35-20-10-3-11-21-35)38(37-24-14-5-15-25-37,29-26-33-16-6-1-7-17-33)47(41,42)32-36-22-12-4-13-23-36/h1-25H,26-32H2. The van der Waals surface area contributed by atoms with E-state index in [1.807, 2.05) is 91.0 Å². The fourth-order valence-electron chi connectivity index (χ4n) is 6.10. The summed E-state index contributed by atoms with van der Waals surface area (Å²) in [7, 11) is -10.3. The lowest BCUT2D eigenvalue weighted by Gasteiger charge is -2.46. The molecule has 0 N–H and O–H groups in total. The Balaban J connectivity index is 1.74. The summed E-state index contributed by atoms with van der Waals surface area (Å²) in [6, 6.07) is 44.7. The number of halogens is 1. The second-order valence-corrected chi connectivity index (χ2v) is 16.8. The lowest BCUT2D eigenvalue weighted by atomic mass is 9.91. The Bertz CT molecular complexity index is 1880. The molecule has 0 aromatic heterocycles. The Morgan fingerprint density at radius 3 is 1.44 bits per heavy atom. The van der Waals surface area contributed by atoms with Crippen LogP contribution in [0.4, 0.5) is 3.89 Å². The molecule has 0 saturated heterocycles. The largest absolute Gasteiger partial charge is 0.347 e. The average molecular weight is 703 g/mol. The van der Waals surface area contributed by atoms with Crippen molar-refractivity contribution in [2.24, 2.45) is 0 Å². The molecule has 2 atom stereocenters. The summed E-state index contributed by atoms with van der Waals surface area (Å²) in [6.07, 6.45) is 0.526. The molecule has 5 aromatic carbocycles. The molecular weight excluding hydrogens is 664 g/mol. The third-order valence-corrected chi connectivity index (χ3v) is 14.5. The van der Waals surface area contributed by atoms with E-state index in [9.17, 15) is 8.42 Å². The number of hydrogen-bond acceptors (Lipinski definition) is 6. The number of hydrogen-bond donors (Lipinski definition) is 0. The van der Waals surface area contributed by atoms with Gasteiger partial charge < -0.3 is 4.74 Å². The molecule has 2 unspecified atom stereocenters. The van der Waals surface area contributed by atoms with Crippen LogP contribution in [0.25, 0.3) is 0 Å². The highest BCUT2D eigenvalue weighted by molar-refractivity contribution is 8.14. The first-order valence-corrected chi connectivity index (χ1v) is 19.8. The fraction of sp³-hybridized carbons (Fsp3) is 0.231. The van der Waals surface area contributed by atoms with E-state index in [-0.39, 0.29) is 37.2 Å². The van der Waals surface area contributed by atoms with E-state index in [2.05, 4.69) is 0 Å². The van der Waals surface area contributed by atoms with Gasteiger partial charge >= 0.3 is 10.2 Å². The topological polar surface area (TPSA) is 77.5 Å². The van der Waals surface area contributed by atoms with Crippen LogP contribution in [0.5, 0.6) is 0 Å². The van der Waals surface area contributed by atoms with Crippen molar-refractivity contribution in [3.05, 3.63) is 179 Å². The highest BCUT2D eigenvalue weighted by Gasteiger charge is 2.69. The zero-order valence-electron chi connectivity index (χ0n) is 26.5. The highest BCUT2D eigenvalue weighted by atomic mass is 32.3. The minimum Gasteiger partial charge on any atom is -0.347 e. The zero-order chi connectivity index (χ0) is 33.9. The first-order chi connectivity index (χ1) is 23.2. The van der Waals surface area contributed by atoms with Gasteiger partial charge in [-0.15, -0.1) is 15.6 Å². The predicted molar refractivity (Wildman–Crippen MR) is 193 cm³/mol. The van der Waals surface area contributed by atoms with Crippen LogP contribution in [0.1, 0.15) is 34.2 Å². The molecule has 0 spiro atoms. The third-order valence-electron chi connectivity index (χ3n) is 8.45. The summed E-state index contributed by atoms with van der Waals surface area (Å²) in [5.41, 5.74) is 3.16. The van der Waals surface area contributed by atoms with Gasteiger partial charge in [0.2, 0.25) is 0 Å². The van der Waals surface area contributed by atoms with Gasteiger partial charge in [0, 0.05) is 5.75 Å². The van der Waals surface area contributed by atoms with Gasteiger partial charge in [0.1, 0.15) is 0 Å². The molecule has 0 bridgehead atoms. The Morgan fingerprint density at radius 2 is 0.958 bits per heavy atom. The molecule has 0 radical (unpaired) electrons. The van der Waals surface area contributed by atoms with Gasteiger partial charge in [-0.05, 0) is 53.5 Å². The van der Waals surface area contributed by atoms with Crippen molar-refractivity contribution in [3.63, 3.8) is 0 Å². The van der Waals surface area contributed by atoms with Crippen molar-refractivity contribution in [1.29, 1.82) is 0 Å². The van der Waals surface area contributed by atoms with Crippen LogP contribution < -0.4 is 0 Å². The second kappa shape index (κ2) is 16.1. The maximum Gasteiger partial charge on any atom is 0.344 e. The van der Waals surface area contributed by atoms with E-state index in [1.54, 1.807) is 60.7 Å². The Morgan fingerprint density at radius 1 is 0.542 bits per heavy atom. The zero-order valence-corrected chi connectivity index (χ0v) is 29.0. The van der Waals surface area contributed by atoms with Gasteiger partial charge in [-0.25, -0.2) is 8.42 Å². The van der Waals surface area contributed by atoms with E-state index in [0.717, 1.165) is 16.7 Å². The maximum absolute atomic E-state index is 16.7. The number of ether oxygens (including phenoxy) is 1. The normalized spacial score (nSPS) is 14.5. The predicted octanol–water partition coefficient (Wildman–Crippen LogP) is 8.32. The van der Waals surface area contributed by atoms with Gasteiger partial charge in [0.25, 0.3) is 4.27 Å². The number of benzene rings is 5. The number of aryl methyl sites for hydroxylation is 2. The summed E-state index contributed by atoms with van der Waals surface area (Å²) in [4.78, 5) is 0. The summed E-state index contributed by atoms with van der Waals surface area (Å²) in [5.74, 6) is -0.435. The van der Waals surface area contributed by atoms with Crippen LogP contribution in [0, 0.1) is 0 Å². The third kappa shape index (κ3) is 8.09. The lowest BCUT2D eigenvalue weighted by Crippen LogP contribution is -2.60. The van der Waals surface area contributed by atoms with E-state index in [4.69, 9.17) is 4.74 Å². The Hall–Kier alpha value is -3.76. The molecule has 5 nitrogen and oxygen atoms in total. The quantitative estimate of drug-likeness (QED) is 0.0717. The van der Waals surface area contributed by atoms with E-state index >= 15 is 12.3 Å². The number of thioether (sulfide) groups is 1. The Kier molecular flexibility index (Phi) is 11.9. The van der Waals surface area contributed by atoms with Crippen LogP contribution in [0.15, 0.2) is 152 Å². The molecule has 0 aliphatic carbocycles. The SMILES string of the molecule is O=S(=O)(F)C(OCCc1ccccc1)(SCCc1ccccc1)C(CCc1ccccc1)(c1ccccc1)S(=O)(=O)Cc1ccccc1. The van der Waals surface area contributed by atoms with Crippen LogP contribution in [-0.4, -0.2) is 33.5 Å². The number of sulfone groups is 1. The van der Waals surface area contributed by atoms with E-state index in [0.29, 0.717) is 23.7 Å². The maximum atomic E-state index is 16.7. The minimum absolute atomic E-state index is 0.0826. The van der Waals surface area contributed by atoms with Crippen molar-refractivity contribution in [1.82, 2.24) is 0 Å². The molecule has 0 amide bonds. The fourth-order valence-corrected chi connectivity index (χ4v) is 12.4. The molecule has 0 aliphatic heterocycles. The van der Waals surface area contributed by atoms with Gasteiger partial charge in [-0.3, -0.25) is 0 Å².